The molecular weight excluding hydrogens is 330 g/mol. The Hall–Kier alpha value is -2.35. The maximum absolute atomic E-state index is 14.2. The average Bonchev–Trinajstić information content (AvgIpc) is 2.57. The third kappa shape index (κ3) is 4.82. The van der Waals surface area contributed by atoms with Crippen LogP contribution < -0.4 is 5.73 Å². The standard InChI is InChI=1S/C17H22F2N4O2/c1-3-25-17(24)13(10-20)15(12-4-5-14(18)22-16(12)19)21-11-6-8-23(2)9-7-11/h4-5,10-11H,3,6-9,20H2,1-2H3. The number of piperidine rings is 1. The van der Waals surface area contributed by atoms with Crippen molar-refractivity contribution < 1.29 is 18.3 Å². The number of aromatic nitrogens is 1. The molecular formula is C17H22F2N4O2. The maximum Gasteiger partial charge on any atom is 0.341 e. The molecule has 1 aromatic heterocycles. The zero-order valence-corrected chi connectivity index (χ0v) is 14.3. The highest BCUT2D eigenvalue weighted by Crippen LogP contribution is 2.19. The van der Waals surface area contributed by atoms with Crippen LogP contribution in [0.1, 0.15) is 25.3 Å². The van der Waals surface area contributed by atoms with Crippen LogP contribution in [0.3, 0.4) is 0 Å². The molecule has 0 unspecified atom stereocenters. The van der Waals surface area contributed by atoms with E-state index in [2.05, 4.69) is 14.9 Å². The molecule has 0 radical (unpaired) electrons. The van der Waals surface area contributed by atoms with Gasteiger partial charge in [0.15, 0.2) is 0 Å². The second kappa shape index (κ2) is 8.66. The van der Waals surface area contributed by atoms with E-state index in [0.29, 0.717) is 0 Å². The summed E-state index contributed by atoms with van der Waals surface area (Å²) in [4.78, 5) is 22.1. The van der Waals surface area contributed by atoms with Crippen molar-refractivity contribution in [3.63, 3.8) is 0 Å². The Bertz CT molecular complexity index is 683. The van der Waals surface area contributed by atoms with Gasteiger partial charge in [-0.3, -0.25) is 4.99 Å². The molecule has 0 aromatic carbocycles. The first-order valence-corrected chi connectivity index (χ1v) is 8.14. The van der Waals surface area contributed by atoms with E-state index in [1.165, 1.54) is 6.07 Å². The fourth-order valence-electron chi connectivity index (χ4n) is 2.63. The lowest BCUT2D eigenvalue weighted by Crippen LogP contribution is -2.33. The van der Waals surface area contributed by atoms with Gasteiger partial charge in [-0.2, -0.15) is 13.8 Å². The molecule has 8 heteroatoms. The summed E-state index contributed by atoms with van der Waals surface area (Å²) in [5.74, 6) is -2.70. The number of hydrogen-bond acceptors (Lipinski definition) is 6. The summed E-state index contributed by atoms with van der Waals surface area (Å²) >= 11 is 0. The minimum Gasteiger partial charge on any atom is -0.462 e. The van der Waals surface area contributed by atoms with Crippen molar-refractivity contribution in [1.82, 2.24) is 9.88 Å². The Morgan fingerprint density at radius 1 is 1.44 bits per heavy atom. The monoisotopic (exact) mass is 352 g/mol. The summed E-state index contributed by atoms with van der Waals surface area (Å²) < 4.78 is 32.3. The Morgan fingerprint density at radius 2 is 2.12 bits per heavy atom. The van der Waals surface area contributed by atoms with Crippen molar-refractivity contribution in [3.8, 4) is 0 Å². The molecule has 2 rings (SSSR count). The van der Waals surface area contributed by atoms with Crippen molar-refractivity contribution in [1.29, 1.82) is 0 Å². The number of carbonyl (C=O) groups is 1. The van der Waals surface area contributed by atoms with E-state index in [0.717, 1.165) is 38.2 Å². The Balaban J connectivity index is 2.45. The van der Waals surface area contributed by atoms with E-state index in [9.17, 15) is 13.6 Å². The predicted molar refractivity (Wildman–Crippen MR) is 90.1 cm³/mol. The zero-order valence-electron chi connectivity index (χ0n) is 14.3. The van der Waals surface area contributed by atoms with Gasteiger partial charge in [0.05, 0.1) is 23.9 Å². The highest BCUT2D eigenvalue weighted by atomic mass is 19.1. The quantitative estimate of drug-likeness (QED) is 0.377. The number of halogens is 2. The smallest absolute Gasteiger partial charge is 0.341 e. The lowest BCUT2D eigenvalue weighted by molar-refractivity contribution is -0.137. The number of esters is 1. The summed E-state index contributed by atoms with van der Waals surface area (Å²) in [5, 5.41) is 0. The van der Waals surface area contributed by atoms with Crippen LogP contribution in [0, 0.1) is 11.9 Å². The SMILES string of the molecule is CCOC(=O)C(=CN)C(=NC1CCN(C)CC1)c1ccc(F)nc1F. The topological polar surface area (TPSA) is 80.8 Å². The highest BCUT2D eigenvalue weighted by Gasteiger charge is 2.25. The van der Waals surface area contributed by atoms with Crippen LogP contribution >= 0.6 is 0 Å². The summed E-state index contributed by atoms with van der Waals surface area (Å²) in [6.45, 7) is 3.47. The number of carbonyl (C=O) groups excluding carboxylic acids is 1. The number of rotatable bonds is 5. The number of aliphatic imine (C=N–C) groups is 1. The van der Waals surface area contributed by atoms with Crippen LogP contribution in [0.25, 0.3) is 0 Å². The molecule has 1 aromatic rings. The summed E-state index contributed by atoms with van der Waals surface area (Å²) in [5.41, 5.74) is 5.48. The first-order valence-electron chi connectivity index (χ1n) is 8.14. The fraction of sp³-hybridized carbons (Fsp3) is 0.471. The highest BCUT2D eigenvalue weighted by molar-refractivity contribution is 6.26. The van der Waals surface area contributed by atoms with Gasteiger partial charge in [-0.05, 0) is 52.0 Å². The second-order valence-corrected chi connectivity index (χ2v) is 5.79. The molecule has 0 aliphatic carbocycles. The van der Waals surface area contributed by atoms with E-state index < -0.39 is 17.9 Å². The normalized spacial score (nSPS) is 17.6. The van der Waals surface area contributed by atoms with E-state index >= 15 is 0 Å². The molecule has 1 saturated heterocycles. The largest absolute Gasteiger partial charge is 0.462 e. The van der Waals surface area contributed by atoms with Gasteiger partial charge in [0.2, 0.25) is 11.9 Å². The van der Waals surface area contributed by atoms with E-state index in [-0.39, 0.29) is 29.5 Å². The van der Waals surface area contributed by atoms with Crippen LogP contribution in [0.15, 0.2) is 28.9 Å². The first kappa shape index (κ1) is 19.0. The van der Waals surface area contributed by atoms with Gasteiger partial charge in [0.25, 0.3) is 0 Å². The lowest BCUT2D eigenvalue weighted by Gasteiger charge is -2.27. The third-order valence-corrected chi connectivity index (χ3v) is 3.99. The number of ether oxygens (including phenoxy) is 1. The van der Waals surface area contributed by atoms with E-state index in [4.69, 9.17) is 10.5 Å². The van der Waals surface area contributed by atoms with Crippen molar-refractivity contribution >= 4 is 11.7 Å². The molecule has 0 saturated carbocycles. The van der Waals surface area contributed by atoms with Crippen molar-refractivity contribution in [3.05, 3.63) is 41.4 Å². The molecule has 2 heterocycles. The zero-order chi connectivity index (χ0) is 18.4. The van der Waals surface area contributed by atoms with Crippen molar-refractivity contribution in [2.45, 2.75) is 25.8 Å². The summed E-state index contributed by atoms with van der Waals surface area (Å²) in [7, 11) is 2.01. The van der Waals surface area contributed by atoms with Crippen LogP contribution in [-0.2, 0) is 9.53 Å². The number of nitrogens with two attached hydrogens (primary N) is 1. The van der Waals surface area contributed by atoms with Gasteiger partial charge in [0.1, 0.15) is 5.57 Å². The maximum atomic E-state index is 14.2. The van der Waals surface area contributed by atoms with Gasteiger partial charge < -0.3 is 15.4 Å². The fourth-order valence-corrected chi connectivity index (χ4v) is 2.63. The molecule has 0 spiro atoms. The molecule has 6 nitrogen and oxygen atoms in total. The Kier molecular flexibility index (Phi) is 6.58. The average molecular weight is 352 g/mol. The number of hydrogen-bond donors (Lipinski definition) is 1. The third-order valence-electron chi connectivity index (χ3n) is 3.99. The van der Waals surface area contributed by atoms with Gasteiger partial charge >= 0.3 is 5.97 Å². The minimum atomic E-state index is -1.05. The molecule has 136 valence electrons. The molecule has 1 aliphatic rings. The summed E-state index contributed by atoms with van der Waals surface area (Å²) in [6, 6.07) is 2.12. The van der Waals surface area contributed by atoms with Gasteiger partial charge in [0, 0.05) is 6.20 Å². The van der Waals surface area contributed by atoms with Crippen molar-refractivity contribution in [2.75, 3.05) is 26.7 Å². The first-order chi connectivity index (χ1) is 12.0. The van der Waals surface area contributed by atoms with Crippen LogP contribution in [-0.4, -0.2) is 54.4 Å². The molecule has 0 atom stereocenters. The summed E-state index contributed by atoms with van der Waals surface area (Å²) in [6.07, 6.45) is 2.56. The van der Waals surface area contributed by atoms with Gasteiger partial charge in [-0.25, -0.2) is 4.79 Å². The van der Waals surface area contributed by atoms with Gasteiger partial charge in [-0.1, -0.05) is 0 Å². The van der Waals surface area contributed by atoms with E-state index in [1.807, 2.05) is 7.05 Å². The number of nitrogens with zero attached hydrogens (tertiary/aromatic N) is 3. The second-order valence-electron chi connectivity index (χ2n) is 5.79. The number of pyridine rings is 1. The molecule has 1 aliphatic heterocycles. The Morgan fingerprint density at radius 3 is 2.68 bits per heavy atom. The molecule has 2 N–H and O–H groups in total. The van der Waals surface area contributed by atoms with Crippen LogP contribution in [0.5, 0.6) is 0 Å². The van der Waals surface area contributed by atoms with Crippen molar-refractivity contribution in [2.24, 2.45) is 10.7 Å². The lowest BCUT2D eigenvalue weighted by atomic mass is 10.0. The number of likely N-dealkylation sites (tertiary alicyclic amines) is 1. The van der Waals surface area contributed by atoms with Crippen LogP contribution in [0.2, 0.25) is 0 Å². The molecule has 0 bridgehead atoms. The van der Waals surface area contributed by atoms with Gasteiger partial charge in [-0.15, -0.1) is 0 Å². The minimum absolute atomic E-state index is 0.0421. The molecule has 25 heavy (non-hydrogen) atoms. The van der Waals surface area contributed by atoms with E-state index in [1.54, 1.807) is 6.92 Å². The molecule has 0 amide bonds. The predicted octanol–water partition coefficient (Wildman–Crippen LogP) is 1.65. The molecule has 1 fully saturated rings. The van der Waals surface area contributed by atoms with Crippen LogP contribution in [0.4, 0.5) is 8.78 Å². The Labute approximate surface area is 145 Å².